The van der Waals surface area contributed by atoms with E-state index >= 15 is 0 Å². The van der Waals surface area contributed by atoms with Crippen molar-refractivity contribution in [2.75, 3.05) is 11.3 Å². The molecule has 0 fully saturated rings. The highest BCUT2D eigenvalue weighted by molar-refractivity contribution is 7.92. The molecule has 0 bridgehead atoms. The molecular formula is C14H17N3O4S. The Morgan fingerprint density at radius 1 is 1.36 bits per heavy atom. The van der Waals surface area contributed by atoms with Crippen LogP contribution in [0.3, 0.4) is 0 Å². The van der Waals surface area contributed by atoms with E-state index in [1.165, 1.54) is 23.0 Å². The number of nitrogens with one attached hydrogen (secondary N) is 1. The van der Waals surface area contributed by atoms with Crippen LogP contribution in [0.2, 0.25) is 0 Å². The van der Waals surface area contributed by atoms with Gasteiger partial charge in [-0.3, -0.25) is 9.40 Å². The van der Waals surface area contributed by atoms with Crippen molar-refractivity contribution in [1.82, 2.24) is 9.78 Å². The fourth-order valence-electron chi connectivity index (χ4n) is 2.00. The summed E-state index contributed by atoms with van der Waals surface area (Å²) >= 11 is 0. The summed E-state index contributed by atoms with van der Waals surface area (Å²) in [5.74, 6) is -0.580. The van der Waals surface area contributed by atoms with E-state index in [1.807, 2.05) is 0 Å². The lowest BCUT2D eigenvalue weighted by atomic mass is 10.2. The normalized spacial score (nSPS) is 11.2. The summed E-state index contributed by atoms with van der Waals surface area (Å²) in [7, 11) is -2.20. The van der Waals surface area contributed by atoms with E-state index in [9.17, 15) is 13.2 Å². The van der Waals surface area contributed by atoms with E-state index < -0.39 is 16.0 Å². The Balaban J connectivity index is 2.38. The molecule has 1 heterocycles. The van der Waals surface area contributed by atoms with Gasteiger partial charge in [-0.2, -0.15) is 5.10 Å². The first-order chi connectivity index (χ1) is 10.3. The zero-order valence-corrected chi connectivity index (χ0v) is 13.3. The van der Waals surface area contributed by atoms with Gasteiger partial charge >= 0.3 is 5.97 Å². The van der Waals surface area contributed by atoms with Gasteiger partial charge in [0.2, 0.25) is 0 Å². The number of esters is 1. The van der Waals surface area contributed by atoms with Crippen LogP contribution in [0.5, 0.6) is 0 Å². The largest absolute Gasteiger partial charge is 0.462 e. The quantitative estimate of drug-likeness (QED) is 0.846. The first-order valence-electron chi connectivity index (χ1n) is 6.64. The number of aromatic nitrogens is 2. The summed E-state index contributed by atoms with van der Waals surface area (Å²) in [5, 5.41) is 4.01. The fourth-order valence-corrected chi connectivity index (χ4v) is 3.30. The summed E-state index contributed by atoms with van der Waals surface area (Å²) in [4.78, 5) is 11.9. The van der Waals surface area contributed by atoms with Gasteiger partial charge in [0.25, 0.3) is 10.0 Å². The van der Waals surface area contributed by atoms with Gasteiger partial charge in [0, 0.05) is 13.2 Å². The number of hydrogen-bond donors (Lipinski definition) is 1. The summed E-state index contributed by atoms with van der Waals surface area (Å²) in [6.45, 7) is 3.50. The van der Waals surface area contributed by atoms with Crippen molar-refractivity contribution < 1.29 is 17.9 Å². The number of benzene rings is 1. The number of para-hydroxylation sites is 1. The number of ether oxygens (including phenoxy) is 1. The predicted molar refractivity (Wildman–Crippen MR) is 81.2 cm³/mol. The van der Waals surface area contributed by atoms with E-state index in [0.717, 1.165) is 0 Å². The lowest BCUT2D eigenvalue weighted by Gasteiger charge is -2.11. The van der Waals surface area contributed by atoms with Crippen molar-refractivity contribution >= 4 is 21.7 Å². The maximum atomic E-state index is 12.5. The minimum Gasteiger partial charge on any atom is -0.462 e. The van der Waals surface area contributed by atoms with Gasteiger partial charge in [-0.05, 0) is 26.0 Å². The van der Waals surface area contributed by atoms with Crippen LogP contribution in [-0.2, 0) is 21.8 Å². The maximum absolute atomic E-state index is 12.5. The first-order valence-corrected chi connectivity index (χ1v) is 8.12. The molecule has 2 aromatic rings. The summed E-state index contributed by atoms with van der Waals surface area (Å²) in [6, 6.07) is 6.29. The van der Waals surface area contributed by atoms with Crippen LogP contribution < -0.4 is 4.72 Å². The monoisotopic (exact) mass is 323 g/mol. The number of nitrogens with zero attached hydrogens (tertiary/aromatic N) is 2. The highest BCUT2D eigenvalue weighted by Gasteiger charge is 2.22. The molecule has 0 atom stereocenters. The highest BCUT2D eigenvalue weighted by atomic mass is 32.2. The number of sulfonamides is 1. The minimum absolute atomic E-state index is 0.0636. The number of anilines is 1. The average Bonchev–Trinajstić information content (AvgIpc) is 2.79. The Kier molecular flexibility index (Phi) is 4.51. The third kappa shape index (κ3) is 3.28. The third-order valence-electron chi connectivity index (χ3n) is 2.92. The molecule has 2 rings (SSSR count). The molecule has 0 aliphatic heterocycles. The van der Waals surface area contributed by atoms with Crippen LogP contribution in [0, 0.1) is 6.92 Å². The average molecular weight is 323 g/mol. The number of carbonyl (C=O) groups excluding carboxylic acids is 1. The number of carbonyl (C=O) groups is 1. The molecule has 118 valence electrons. The predicted octanol–water partition coefficient (Wildman–Crippen LogP) is 1.71. The van der Waals surface area contributed by atoms with Crippen molar-refractivity contribution in [2.45, 2.75) is 18.7 Å². The van der Waals surface area contributed by atoms with Gasteiger partial charge in [0.1, 0.15) is 4.90 Å². The Hall–Kier alpha value is -2.35. The second-order valence-corrected chi connectivity index (χ2v) is 6.27. The summed E-state index contributed by atoms with van der Waals surface area (Å²) in [6.07, 6.45) is 1.41. The van der Waals surface area contributed by atoms with Gasteiger partial charge in [0.05, 0.1) is 23.6 Å². The van der Waals surface area contributed by atoms with E-state index in [2.05, 4.69) is 9.82 Å². The second-order valence-electron chi connectivity index (χ2n) is 4.62. The van der Waals surface area contributed by atoms with Gasteiger partial charge in [-0.1, -0.05) is 12.1 Å². The smallest absolute Gasteiger partial charge is 0.340 e. The Bertz CT molecular complexity index is 796. The van der Waals surface area contributed by atoms with Gasteiger partial charge in [-0.15, -0.1) is 0 Å². The molecule has 0 aliphatic rings. The molecule has 0 radical (unpaired) electrons. The number of aryl methyl sites for hydroxylation is 2. The maximum Gasteiger partial charge on any atom is 0.340 e. The van der Waals surface area contributed by atoms with Gasteiger partial charge in [-0.25, -0.2) is 13.2 Å². The molecule has 0 saturated carbocycles. The van der Waals surface area contributed by atoms with Crippen molar-refractivity contribution in [3.05, 3.63) is 41.7 Å². The van der Waals surface area contributed by atoms with Gasteiger partial charge < -0.3 is 4.74 Å². The molecule has 22 heavy (non-hydrogen) atoms. The zero-order chi connectivity index (χ0) is 16.3. The number of hydrogen-bond acceptors (Lipinski definition) is 5. The zero-order valence-electron chi connectivity index (χ0n) is 12.5. The van der Waals surface area contributed by atoms with E-state index in [-0.39, 0.29) is 22.8 Å². The molecule has 1 aromatic carbocycles. The molecule has 1 aromatic heterocycles. The number of rotatable bonds is 5. The molecule has 0 aliphatic carbocycles. The Morgan fingerprint density at radius 3 is 2.64 bits per heavy atom. The van der Waals surface area contributed by atoms with Crippen molar-refractivity contribution in [2.24, 2.45) is 7.05 Å². The van der Waals surface area contributed by atoms with Crippen LogP contribution >= 0.6 is 0 Å². The topological polar surface area (TPSA) is 90.3 Å². The minimum atomic E-state index is -3.84. The molecule has 1 N–H and O–H groups in total. The van der Waals surface area contributed by atoms with Crippen molar-refractivity contribution in [3.8, 4) is 0 Å². The van der Waals surface area contributed by atoms with Crippen LogP contribution in [0.25, 0.3) is 0 Å². The van der Waals surface area contributed by atoms with Crippen LogP contribution in [0.1, 0.15) is 23.0 Å². The van der Waals surface area contributed by atoms with E-state index in [0.29, 0.717) is 5.69 Å². The molecule has 0 amide bonds. The Morgan fingerprint density at radius 2 is 2.05 bits per heavy atom. The van der Waals surface area contributed by atoms with Crippen LogP contribution in [-0.4, -0.2) is 30.8 Å². The molecular weight excluding hydrogens is 306 g/mol. The van der Waals surface area contributed by atoms with E-state index in [1.54, 1.807) is 33.0 Å². The lowest BCUT2D eigenvalue weighted by molar-refractivity contribution is 0.0527. The molecule has 7 nitrogen and oxygen atoms in total. The summed E-state index contributed by atoms with van der Waals surface area (Å²) in [5.41, 5.74) is 0.710. The fraction of sp³-hybridized carbons (Fsp3) is 0.286. The summed E-state index contributed by atoms with van der Waals surface area (Å²) < 4.78 is 33.7. The highest BCUT2D eigenvalue weighted by Crippen LogP contribution is 2.22. The molecule has 8 heteroatoms. The second kappa shape index (κ2) is 6.18. The van der Waals surface area contributed by atoms with Gasteiger partial charge in [0.15, 0.2) is 0 Å². The van der Waals surface area contributed by atoms with E-state index in [4.69, 9.17) is 4.74 Å². The molecule has 0 saturated heterocycles. The van der Waals surface area contributed by atoms with Crippen LogP contribution in [0.15, 0.2) is 35.4 Å². The SMILES string of the molecule is CCOC(=O)c1ccccc1NS(=O)(=O)c1cn(C)nc1C. The lowest BCUT2D eigenvalue weighted by Crippen LogP contribution is -2.16. The molecule has 0 unspecified atom stereocenters. The third-order valence-corrected chi connectivity index (χ3v) is 4.39. The van der Waals surface area contributed by atoms with Crippen molar-refractivity contribution in [1.29, 1.82) is 0 Å². The first kappa shape index (κ1) is 16.0. The van der Waals surface area contributed by atoms with Crippen molar-refractivity contribution in [3.63, 3.8) is 0 Å². The Labute approximate surface area is 129 Å². The molecule has 0 spiro atoms. The van der Waals surface area contributed by atoms with Crippen LogP contribution in [0.4, 0.5) is 5.69 Å². The standard InChI is InChI=1S/C14H17N3O4S/c1-4-21-14(18)11-7-5-6-8-12(11)16-22(19,20)13-9-17(3)15-10(13)2/h5-9,16H,4H2,1-3H3.